The van der Waals surface area contributed by atoms with Crippen LogP contribution < -0.4 is 4.74 Å². The van der Waals surface area contributed by atoms with Gasteiger partial charge in [0.25, 0.3) is 0 Å². The van der Waals surface area contributed by atoms with Crippen LogP contribution in [0.2, 0.25) is 0 Å². The van der Waals surface area contributed by atoms with Gasteiger partial charge in [0.05, 0.1) is 24.4 Å². The summed E-state index contributed by atoms with van der Waals surface area (Å²) in [7, 11) is 1.48. The van der Waals surface area contributed by atoms with Gasteiger partial charge in [-0.25, -0.2) is 4.98 Å². The number of hydrogen-bond acceptors (Lipinski definition) is 7. The molecule has 2 aromatic heterocycles. The Balaban J connectivity index is 1.92. The van der Waals surface area contributed by atoms with Crippen molar-refractivity contribution >= 4 is 11.4 Å². The number of alkyl halides is 3. The van der Waals surface area contributed by atoms with Gasteiger partial charge in [-0.1, -0.05) is 24.2 Å². The molecule has 0 aliphatic carbocycles. The number of benzene rings is 1. The Bertz CT molecular complexity index is 1140. The van der Waals surface area contributed by atoms with Crippen molar-refractivity contribution in [2.24, 2.45) is 5.10 Å². The Morgan fingerprint density at radius 2 is 2.06 bits per heavy atom. The van der Waals surface area contributed by atoms with Crippen LogP contribution in [0.4, 0.5) is 13.2 Å². The summed E-state index contributed by atoms with van der Waals surface area (Å²) in [4.78, 5) is 8.17. The molecule has 4 rings (SSSR count). The van der Waals surface area contributed by atoms with E-state index in [-0.39, 0.29) is 35.0 Å². The maximum atomic E-state index is 14.0. The van der Waals surface area contributed by atoms with E-state index in [1.165, 1.54) is 13.3 Å². The van der Waals surface area contributed by atoms with Gasteiger partial charge in [-0.3, -0.25) is 5.01 Å². The molecule has 0 amide bonds. The minimum absolute atomic E-state index is 0.0834. The molecule has 0 bridgehead atoms. The van der Waals surface area contributed by atoms with Crippen molar-refractivity contribution in [3.8, 4) is 28.4 Å². The Kier molecular flexibility index (Phi) is 5.36. The van der Waals surface area contributed by atoms with Gasteiger partial charge in [-0.15, -0.1) is 5.10 Å². The van der Waals surface area contributed by atoms with Crippen molar-refractivity contribution in [1.29, 1.82) is 0 Å². The fraction of sp³-hybridized carbons (Fsp3) is 0.286. The molecule has 7 nitrogen and oxygen atoms in total. The molecule has 3 heterocycles. The summed E-state index contributed by atoms with van der Waals surface area (Å²) in [6.45, 7) is 1.87. The van der Waals surface area contributed by atoms with Crippen LogP contribution in [0.15, 0.2) is 40.1 Å². The minimum atomic E-state index is -4.61. The lowest BCUT2D eigenvalue weighted by Gasteiger charge is -2.26. The quantitative estimate of drug-likeness (QED) is 0.591. The summed E-state index contributed by atoms with van der Waals surface area (Å²) in [6, 6.07) is 7.48. The summed E-state index contributed by atoms with van der Waals surface area (Å²) >= 11 is 0. The molecule has 0 N–H and O–H groups in total. The molecule has 1 aromatic carbocycles. The molecular formula is C21H16F3N5O2. The third kappa shape index (κ3) is 3.71. The number of ether oxygens (including phenoxy) is 1. The van der Waals surface area contributed by atoms with Crippen molar-refractivity contribution in [2.75, 3.05) is 13.7 Å². The van der Waals surface area contributed by atoms with E-state index in [1.54, 1.807) is 31.2 Å². The van der Waals surface area contributed by atoms with Crippen LogP contribution in [0, 0.1) is 12.3 Å². The smallest absolute Gasteiger partial charge is 0.415 e. The molecule has 158 valence electrons. The third-order valence-corrected chi connectivity index (χ3v) is 4.63. The number of methoxy groups -OCH3 is 1. The van der Waals surface area contributed by atoms with Crippen LogP contribution in [0.3, 0.4) is 0 Å². The Labute approximate surface area is 175 Å². The minimum Gasteiger partial charge on any atom is -0.496 e. The third-order valence-electron chi connectivity index (χ3n) is 4.63. The van der Waals surface area contributed by atoms with Crippen LogP contribution in [-0.4, -0.2) is 51.9 Å². The standard InChI is InChI=1S/C21H16F3N5O2/c1-3-11-29-19(21(22,23)24)14(12-27-29)18-16(20-25-9-6-10-26-20)17(28-31-18)13-7-4-5-8-15(13)30-2/h4-5,7-9,19H,3,11H2,1-2H3. The molecule has 1 unspecified atom stereocenters. The van der Waals surface area contributed by atoms with Crippen LogP contribution in [0.5, 0.6) is 5.75 Å². The number of rotatable bonds is 6. The van der Waals surface area contributed by atoms with Crippen molar-refractivity contribution in [2.45, 2.75) is 25.6 Å². The Hall–Kier alpha value is -3.83. The molecule has 0 saturated carbocycles. The number of aromatic nitrogens is 3. The largest absolute Gasteiger partial charge is 0.496 e. The van der Waals surface area contributed by atoms with E-state index in [4.69, 9.17) is 9.26 Å². The first-order chi connectivity index (χ1) is 15.0. The van der Waals surface area contributed by atoms with Crippen molar-refractivity contribution in [3.63, 3.8) is 0 Å². The zero-order valence-electron chi connectivity index (χ0n) is 16.6. The lowest BCUT2D eigenvalue weighted by molar-refractivity contribution is -0.165. The molecule has 1 atom stereocenters. The highest BCUT2D eigenvalue weighted by Gasteiger charge is 2.50. The zero-order chi connectivity index (χ0) is 22.0. The van der Waals surface area contributed by atoms with Crippen molar-refractivity contribution in [3.05, 3.63) is 48.5 Å². The van der Waals surface area contributed by atoms with Gasteiger partial charge in [0.15, 0.2) is 17.6 Å². The normalized spacial score (nSPS) is 15.7. The summed E-state index contributed by atoms with van der Waals surface area (Å²) in [5.41, 5.74) is 0.619. The van der Waals surface area contributed by atoms with Gasteiger partial charge in [0, 0.05) is 24.2 Å². The van der Waals surface area contributed by atoms with E-state index < -0.39 is 12.2 Å². The zero-order valence-corrected chi connectivity index (χ0v) is 16.6. The van der Waals surface area contributed by atoms with Gasteiger partial charge in [-0.2, -0.15) is 18.2 Å². The summed E-state index contributed by atoms with van der Waals surface area (Å²) in [5, 5.41) is 8.84. The number of nitrogens with zero attached hydrogens (tertiary/aromatic N) is 5. The second-order valence-corrected chi connectivity index (χ2v) is 6.62. The first kappa shape index (κ1) is 20.4. The predicted octanol–water partition coefficient (Wildman–Crippen LogP) is 4.03. The van der Waals surface area contributed by atoms with Crippen molar-refractivity contribution in [1.82, 2.24) is 20.1 Å². The van der Waals surface area contributed by atoms with E-state index in [2.05, 4.69) is 38.4 Å². The predicted molar refractivity (Wildman–Crippen MR) is 105 cm³/mol. The van der Waals surface area contributed by atoms with E-state index in [1.807, 2.05) is 0 Å². The van der Waals surface area contributed by atoms with Gasteiger partial charge >= 0.3 is 6.18 Å². The van der Waals surface area contributed by atoms with E-state index in [0.29, 0.717) is 17.7 Å². The van der Waals surface area contributed by atoms with E-state index in [0.717, 1.165) is 5.01 Å². The van der Waals surface area contributed by atoms with Gasteiger partial charge in [0.2, 0.25) is 0 Å². The average Bonchev–Trinajstić information content (AvgIpc) is 3.38. The Morgan fingerprint density at radius 1 is 1.26 bits per heavy atom. The molecule has 3 aromatic rings. The monoisotopic (exact) mass is 427 g/mol. The molecule has 31 heavy (non-hydrogen) atoms. The van der Waals surface area contributed by atoms with Crippen molar-refractivity contribution < 1.29 is 22.4 Å². The SMILES string of the molecule is CCCN1N=C=C(c2onc(-c3ccccc3OC)c2-c2nc#ccn2)C1C(F)(F)F. The van der Waals surface area contributed by atoms with E-state index >= 15 is 0 Å². The lowest BCUT2D eigenvalue weighted by Crippen LogP contribution is -2.41. The second-order valence-electron chi connectivity index (χ2n) is 6.62. The number of hydrogen-bond donors (Lipinski definition) is 0. The summed E-state index contributed by atoms with van der Waals surface area (Å²) < 4.78 is 52.7. The van der Waals surface area contributed by atoms with Crippen LogP contribution in [-0.2, 0) is 0 Å². The molecule has 0 spiro atoms. The average molecular weight is 427 g/mol. The first-order valence-corrected chi connectivity index (χ1v) is 9.37. The highest BCUT2D eigenvalue weighted by molar-refractivity contribution is 5.99. The lowest BCUT2D eigenvalue weighted by atomic mass is 9.97. The summed E-state index contributed by atoms with van der Waals surface area (Å²) in [5.74, 6) is 2.86. The topological polar surface area (TPSA) is 76.6 Å². The number of halogens is 3. The highest BCUT2D eigenvalue weighted by atomic mass is 19.4. The van der Waals surface area contributed by atoms with Gasteiger partial charge < -0.3 is 9.26 Å². The summed E-state index contributed by atoms with van der Waals surface area (Å²) in [6.07, 6.45) is -0.295. The van der Waals surface area contributed by atoms with Gasteiger partial charge in [0.1, 0.15) is 11.4 Å². The highest BCUT2D eigenvalue weighted by Crippen LogP contribution is 2.43. The Morgan fingerprint density at radius 3 is 2.74 bits per heavy atom. The molecule has 0 fully saturated rings. The maximum Gasteiger partial charge on any atom is 0.415 e. The molecule has 0 saturated heterocycles. The number of para-hydroxylation sites is 1. The van der Waals surface area contributed by atoms with Crippen LogP contribution in [0.25, 0.3) is 28.2 Å². The van der Waals surface area contributed by atoms with Crippen LogP contribution in [0.1, 0.15) is 19.1 Å². The molecule has 10 heteroatoms. The first-order valence-electron chi connectivity index (χ1n) is 9.37. The molecular weight excluding hydrogens is 411 g/mol. The fourth-order valence-corrected chi connectivity index (χ4v) is 3.36. The number of hydrazone groups is 1. The second kappa shape index (κ2) is 8.13. The molecule has 1 aliphatic rings. The van der Waals surface area contributed by atoms with Crippen LogP contribution >= 0.6 is 0 Å². The fourth-order valence-electron chi connectivity index (χ4n) is 3.36. The maximum absolute atomic E-state index is 14.0. The van der Waals surface area contributed by atoms with E-state index in [9.17, 15) is 13.2 Å². The molecule has 1 aliphatic heterocycles. The van der Waals surface area contributed by atoms with Gasteiger partial charge in [-0.05, 0) is 24.6 Å². The molecule has 0 radical (unpaired) electrons.